The fourth-order valence-electron chi connectivity index (χ4n) is 5.09. The van der Waals surface area contributed by atoms with Gasteiger partial charge < -0.3 is 4.90 Å². The highest BCUT2D eigenvalue weighted by atomic mass is 19.4. The van der Waals surface area contributed by atoms with Gasteiger partial charge in [0.2, 0.25) is 0 Å². The second kappa shape index (κ2) is 8.20. The van der Waals surface area contributed by atoms with Gasteiger partial charge in [0.25, 0.3) is 5.91 Å². The summed E-state index contributed by atoms with van der Waals surface area (Å²) in [6.45, 7) is 1.84. The van der Waals surface area contributed by atoms with Gasteiger partial charge in [0.05, 0.1) is 11.1 Å². The maximum Gasteiger partial charge on any atom is 0.417 e. The van der Waals surface area contributed by atoms with E-state index in [0.29, 0.717) is 29.2 Å². The van der Waals surface area contributed by atoms with E-state index in [4.69, 9.17) is 0 Å². The van der Waals surface area contributed by atoms with Crippen LogP contribution in [0, 0.1) is 12.8 Å². The van der Waals surface area contributed by atoms with Crippen LogP contribution in [0.1, 0.15) is 46.7 Å². The van der Waals surface area contributed by atoms with Crippen molar-refractivity contribution in [2.45, 2.75) is 50.9 Å². The Morgan fingerprint density at radius 2 is 1.88 bits per heavy atom. The van der Waals surface area contributed by atoms with Crippen LogP contribution in [0.15, 0.2) is 48.9 Å². The second-order valence-electron chi connectivity index (χ2n) is 8.67. The third-order valence-electron chi connectivity index (χ3n) is 6.57. The van der Waals surface area contributed by atoms with Crippen LogP contribution in [-0.2, 0) is 12.6 Å². The number of amides is 1. The summed E-state index contributed by atoms with van der Waals surface area (Å²) in [5.41, 5.74) is 1.53. The summed E-state index contributed by atoms with van der Waals surface area (Å²) in [4.78, 5) is 32.7. The number of aromatic nitrogens is 4. The summed E-state index contributed by atoms with van der Waals surface area (Å²) in [5.74, 6) is 0.458. The number of hydrogen-bond donors (Lipinski definition) is 0. The van der Waals surface area contributed by atoms with Crippen LogP contribution in [0.5, 0.6) is 0 Å². The minimum atomic E-state index is -4.40. The number of pyridine rings is 2. The molecule has 2 aliphatic heterocycles. The third kappa shape index (κ3) is 4.07. The first-order chi connectivity index (χ1) is 15.8. The number of nitrogens with zero attached hydrogens (tertiary/aromatic N) is 5. The fraction of sp³-hybridized carbons (Fsp3) is 0.375. The average Bonchev–Trinajstić information content (AvgIpc) is 3.36. The number of alkyl halides is 3. The Labute approximate surface area is 188 Å². The second-order valence-corrected chi connectivity index (χ2v) is 8.67. The van der Waals surface area contributed by atoms with Gasteiger partial charge in [0, 0.05) is 42.1 Å². The highest BCUT2D eigenvalue weighted by molar-refractivity contribution is 5.99. The van der Waals surface area contributed by atoms with Gasteiger partial charge >= 0.3 is 6.18 Å². The van der Waals surface area contributed by atoms with E-state index in [0.717, 1.165) is 37.2 Å². The Morgan fingerprint density at radius 3 is 2.58 bits per heavy atom. The standard InChI is InChI=1S/C24H22F3N5O/c1-14-3-7-19(22-28-9-2-10-29-22)21(31-14)23(33)32-18-6-8-20(32)15(12-18)11-17-5-4-16(13-30-17)24(25,26)27/h2-5,7,9-10,13,15,18,20H,6,8,11-12H2,1H3. The highest BCUT2D eigenvalue weighted by Crippen LogP contribution is 2.44. The van der Waals surface area contributed by atoms with Crippen LogP contribution in [0.25, 0.3) is 11.4 Å². The number of rotatable bonds is 4. The number of halogens is 3. The van der Waals surface area contributed by atoms with E-state index in [9.17, 15) is 18.0 Å². The van der Waals surface area contributed by atoms with Crippen molar-refractivity contribution in [2.24, 2.45) is 5.92 Å². The number of fused-ring (bicyclic) bond motifs is 2. The van der Waals surface area contributed by atoms with Gasteiger partial charge in [-0.25, -0.2) is 15.0 Å². The number of carbonyl (C=O) groups excluding carboxylic acids is 1. The largest absolute Gasteiger partial charge is 0.417 e. The first-order valence-corrected chi connectivity index (χ1v) is 10.9. The summed E-state index contributed by atoms with van der Waals surface area (Å²) in [6, 6.07) is 7.99. The van der Waals surface area contributed by atoms with Crippen LogP contribution in [0.4, 0.5) is 13.2 Å². The molecule has 2 bridgehead atoms. The molecule has 3 aromatic rings. The number of aryl methyl sites for hydroxylation is 1. The fourth-order valence-corrected chi connectivity index (χ4v) is 5.09. The van der Waals surface area contributed by atoms with Crippen molar-refractivity contribution in [3.63, 3.8) is 0 Å². The summed E-state index contributed by atoms with van der Waals surface area (Å²) in [5, 5.41) is 0. The number of carbonyl (C=O) groups is 1. The monoisotopic (exact) mass is 453 g/mol. The third-order valence-corrected chi connectivity index (χ3v) is 6.57. The normalized spacial score (nSPS) is 22.1. The molecule has 0 saturated carbocycles. The van der Waals surface area contributed by atoms with Crippen molar-refractivity contribution in [3.8, 4) is 11.4 Å². The molecule has 33 heavy (non-hydrogen) atoms. The lowest BCUT2D eigenvalue weighted by molar-refractivity contribution is -0.137. The van der Waals surface area contributed by atoms with Crippen LogP contribution in [0.2, 0.25) is 0 Å². The highest BCUT2D eigenvalue weighted by Gasteiger charge is 2.49. The molecule has 5 heterocycles. The Hall–Kier alpha value is -3.36. The van der Waals surface area contributed by atoms with Crippen LogP contribution in [-0.4, -0.2) is 42.8 Å². The van der Waals surface area contributed by atoms with E-state index in [1.807, 2.05) is 24.0 Å². The van der Waals surface area contributed by atoms with Crippen LogP contribution < -0.4 is 0 Å². The molecule has 0 aliphatic carbocycles. The molecular weight excluding hydrogens is 431 g/mol. The van der Waals surface area contributed by atoms with Crippen molar-refractivity contribution < 1.29 is 18.0 Å². The van der Waals surface area contributed by atoms with Gasteiger partial charge in [-0.1, -0.05) is 0 Å². The topological polar surface area (TPSA) is 71.9 Å². The van der Waals surface area contributed by atoms with E-state index in [1.165, 1.54) is 6.07 Å². The van der Waals surface area contributed by atoms with Crippen molar-refractivity contribution >= 4 is 5.91 Å². The molecule has 9 heteroatoms. The van der Waals surface area contributed by atoms with Gasteiger partial charge in [-0.05, 0) is 68.9 Å². The maximum atomic E-state index is 13.7. The lowest BCUT2D eigenvalue weighted by Gasteiger charge is -2.25. The minimum absolute atomic E-state index is 0.0125. The van der Waals surface area contributed by atoms with Crippen LogP contribution in [0.3, 0.4) is 0 Å². The first kappa shape index (κ1) is 21.5. The average molecular weight is 453 g/mol. The Morgan fingerprint density at radius 1 is 1.09 bits per heavy atom. The SMILES string of the molecule is Cc1ccc(-c2ncccn2)c(C(=O)N2C3CCC2C(Cc2ccc(C(F)(F)F)cn2)C3)n1. The number of hydrogen-bond acceptors (Lipinski definition) is 5. The first-order valence-electron chi connectivity index (χ1n) is 10.9. The van der Waals surface area contributed by atoms with E-state index >= 15 is 0 Å². The van der Waals surface area contributed by atoms with Crippen molar-refractivity contribution in [1.82, 2.24) is 24.8 Å². The van der Waals surface area contributed by atoms with Crippen LogP contribution >= 0.6 is 0 Å². The molecular formula is C24H22F3N5O. The zero-order valence-corrected chi connectivity index (χ0v) is 18.0. The van der Waals surface area contributed by atoms with Crippen molar-refractivity contribution in [1.29, 1.82) is 0 Å². The van der Waals surface area contributed by atoms with E-state index < -0.39 is 11.7 Å². The molecule has 3 unspecified atom stereocenters. The molecule has 3 atom stereocenters. The van der Waals surface area contributed by atoms with Gasteiger partial charge in [-0.2, -0.15) is 13.2 Å². The lowest BCUT2D eigenvalue weighted by Crippen LogP contribution is -2.37. The molecule has 6 nitrogen and oxygen atoms in total. The molecule has 0 aromatic carbocycles. The summed E-state index contributed by atoms with van der Waals surface area (Å²) < 4.78 is 38.5. The van der Waals surface area contributed by atoms with Crippen molar-refractivity contribution in [3.05, 3.63) is 71.6 Å². The molecule has 0 spiro atoms. The molecule has 2 fully saturated rings. The molecule has 2 aliphatic rings. The summed E-state index contributed by atoms with van der Waals surface area (Å²) >= 11 is 0. The van der Waals surface area contributed by atoms with E-state index in [2.05, 4.69) is 19.9 Å². The molecule has 1 amide bonds. The zero-order valence-electron chi connectivity index (χ0n) is 18.0. The van der Waals surface area contributed by atoms with E-state index in [1.54, 1.807) is 18.5 Å². The summed E-state index contributed by atoms with van der Waals surface area (Å²) in [6.07, 6.45) is 2.87. The Kier molecular flexibility index (Phi) is 5.34. The lowest BCUT2D eigenvalue weighted by atomic mass is 9.86. The van der Waals surface area contributed by atoms with Crippen molar-refractivity contribution in [2.75, 3.05) is 0 Å². The quantitative estimate of drug-likeness (QED) is 0.582. The molecule has 2 saturated heterocycles. The molecule has 170 valence electrons. The molecule has 0 radical (unpaired) electrons. The summed E-state index contributed by atoms with van der Waals surface area (Å²) in [7, 11) is 0. The van der Waals surface area contributed by atoms with Gasteiger partial charge in [-0.3, -0.25) is 9.78 Å². The van der Waals surface area contributed by atoms with Gasteiger partial charge in [0.15, 0.2) is 5.82 Å². The maximum absolute atomic E-state index is 13.7. The minimum Gasteiger partial charge on any atom is -0.331 e. The van der Waals surface area contributed by atoms with Gasteiger partial charge in [0.1, 0.15) is 5.69 Å². The Bertz CT molecular complexity index is 1170. The smallest absolute Gasteiger partial charge is 0.331 e. The zero-order chi connectivity index (χ0) is 23.2. The molecule has 0 N–H and O–H groups in total. The Balaban J connectivity index is 1.39. The predicted molar refractivity (Wildman–Crippen MR) is 114 cm³/mol. The predicted octanol–water partition coefficient (Wildman–Crippen LogP) is 4.50. The molecule has 5 rings (SSSR count). The molecule has 3 aromatic heterocycles. The van der Waals surface area contributed by atoms with E-state index in [-0.39, 0.29) is 23.9 Å². The van der Waals surface area contributed by atoms with Gasteiger partial charge in [-0.15, -0.1) is 0 Å².